The molecule has 5 heteroatoms. The number of hydrogen-bond donors (Lipinski definition) is 1. The van der Waals surface area contributed by atoms with Crippen LogP contribution in [0.3, 0.4) is 0 Å². The lowest BCUT2D eigenvalue weighted by atomic mass is 10.0. The number of aromatic nitrogens is 1. The molecule has 0 atom stereocenters. The summed E-state index contributed by atoms with van der Waals surface area (Å²) in [6, 6.07) is 19.2. The molecule has 2 aromatic heterocycles. The van der Waals surface area contributed by atoms with Crippen LogP contribution in [0.2, 0.25) is 0 Å². The van der Waals surface area contributed by atoms with Crippen molar-refractivity contribution in [3.63, 3.8) is 0 Å². The molecule has 5 nitrogen and oxygen atoms in total. The fourth-order valence-electron chi connectivity index (χ4n) is 3.15. The average molecular weight is 383 g/mol. The van der Waals surface area contributed by atoms with Gasteiger partial charge in [0.05, 0.1) is 23.0 Å². The maximum atomic E-state index is 12.9. The van der Waals surface area contributed by atoms with Gasteiger partial charge in [-0.05, 0) is 62.2 Å². The van der Waals surface area contributed by atoms with E-state index >= 15 is 0 Å². The summed E-state index contributed by atoms with van der Waals surface area (Å²) in [6.07, 6.45) is 1.48. The standard InChI is InChI=1S/C24H21N3O2/c1-15-8-10-18(12-16(15)2)23-13-21(20-6-4-5-7-22(20)26-23)24(28)27-25-14-19-11-9-17(3)29-19/h4-14H,1-3H3,(H,27,28)/b25-14-. The molecule has 0 aliphatic rings. The number of aryl methyl sites for hydroxylation is 3. The van der Waals surface area contributed by atoms with Crippen LogP contribution >= 0.6 is 0 Å². The van der Waals surface area contributed by atoms with Gasteiger partial charge in [-0.1, -0.05) is 30.3 Å². The van der Waals surface area contributed by atoms with Crippen molar-refractivity contribution in [2.45, 2.75) is 20.8 Å². The molecule has 2 aromatic carbocycles. The molecule has 0 unspecified atom stereocenters. The maximum absolute atomic E-state index is 12.9. The third kappa shape index (κ3) is 3.94. The van der Waals surface area contributed by atoms with Crippen molar-refractivity contribution in [2.75, 3.05) is 0 Å². The average Bonchev–Trinajstić information content (AvgIpc) is 3.14. The zero-order chi connectivity index (χ0) is 20.4. The van der Waals surface area contributed by atoms with Gasteiger partial charge in [-0.2, -0.15) is 5.10 Å². The van der Waals surface area contributed by atoms with E-state index in [1.54, 1.807) is 6.07 Å². The van der Waals surface area contributed by atoms with Crippen LogP contribution in [0.25, 0.3) is 22.2 Å². The van der Waals surface area contributed by atoms with Gasteiger partial charge >= 0.3 is 0 Å². The van der Waals surface area contributed by atoms with Crippen LogP contribution in [0.4, 0.5) is 0 Å². The van der Waals surface area contributed by atoms with Gasteiger partial charge < -0.3 is 4.42 Å². The Morgan fingerprint density at radius 3 is 2.59 bits per heavy atom. The maximum Gasteiger partial charge on any atom is 0.272 e. The molecule has 1 N–H and O–H groups in total. The molecule has 0 aliphatic heterocycles. The smallest absolute Gasteiger partial charge is 0.272 e. The highest BCUT2D eigenvalue weighted by molar-refractivity contribution is 6.07. The number of carbonyl (C=O) groups excluding carboxylic acids is 1. The van der Waals surface area contributed by atoms with E-state index in [2.05, 4.69) is 36.5 Å². The van der Waals surface area contributed by atoms with E-state index in [9.17, 15) is 4.79 Å². The number of fused-ring (bicyclic) bond motifs is 1. The van der Waals surface area contributed by atoms with Gasteiger partial charge in [0.25, 0.3) is 5.91 Å². The summed E-state index contributed by atoms with van der Waals surface area (Å²) in [5, 5.41) is 4.81. The largest absolute Gasteiger partial charge is 0.460 e. The van der Waals surface area contributed by atoms with E-state index in [0.717, 1.165) is 27.9 Å². The number of para-hydroxylation sites is 1. The Bertz CT molecular complexity index is 1240. The second-order valence-corrected chi connectivity index (χ2v) is 7.02. The predicted octanol–water partition coefficient (Wildman–Crippen LogP) is 5.18. The predicted molar refractivity (Wildman–Crippen MR) is 115 cm³/mol. The lowest BCUT2D eigenvalue weighted by Crippen LogP contribution is -2.18. The van der Waals surface area contributed by atoms with Gasteiger partial charge in [0.15, 0.2) is 0 Å². The number of hydrazone groups is 1. The Morgan fingerprint density at radius 2 is 1.83 bits per heavy atom. The SMILES string of the molecule is Cc1ccc(/C=N\NC(=O)c2cc(-c3ccc(C)c(C)c3)nc3ccccc23)o1. The molecule has 144 valence electrons. The summed E-state index contributed by atoms with van der Waals surface area (Å²) in [5.74, 6) is 1.07. The molecule has 0 bridgehead atoms. The lowest BCUT2D eigenvalue weighted by molar-refractivity contribution is 0.0956. The first kappa shape index (κ1) is 18.6. The summed E-state index contributed by atoms with van der Waals surface area (Å²) in [5.41, 5.74) is 8.01. The summed E-state index contributed by atoms with van der Waals surface area (Å²) < 4.78 is 5.43. The first-order valence-electron chi connectivity index (χ1n) is 9.38. The van der Waals surface area contributed by atoms with E-state index in [4.69, 9.17) is 9.40 Å². The minimum atomic E-state index is -0.298. The number of amides is 1. The summed E-state index contributed by atoms with van der Waals surface area (Å²) in [6.45, 7) is 6.00. The first-order valence-corrected chi connectivity index (χ1v) is 9.38. The molecular formula is C24H21N3O2. The van der Waals surface area contributed by atoms with Crippen LogP contribution in [0.1, 0.15) is 33.0 Å². The minimum Gasteiger partial charge on any atom is -0.460 e. The second kappa shape index (κ2) is 7.72. The van der Waals surface area contributed by atoms with Gasteiger partial charge in [-0.3, -0.25) is 4.79 Å². The van der Waals surface area contributed by atoms with Crippen molar-refractivity contribution in [2.24, 2.45) is 5.10 Å². The number of carbonyl (C=O) groups is 1. The van der Waals surface area contributed by atoms with E-state index in [1.807, 2.05) is 49.4 Å². The van der Waals surface area contributed by atoms with Gasteiger partial charge in [0, 0.05) is 10.9 Å². The van der Waals surface area contributed by atoms with E-state index in [1.165, 1.54) is 17.3 Å². The number of rotatable bonds is 4. The van der Waals surface area contributed by atoms with Crippen LogP contribution in [0, 0.1) is 20.8 Å². The molecule has 1 amide bonds. The molecule has 0 saturated carbocycles. The molecule has 2 heterocycles. The number of nitrogens with zero attached hydrogens (tertiary/aromatic N) is 2. The summed E-state index contributed by atoms with van der Waals surface area (Å²) in [7, 11) is 0. The molecule has 29 heavy (non-hydrogen) atoms. The number of pyridine rings is 1. The monoisotopic (exact) mass is 383 g/mol. The second-order valence-electron chi connectivity index (χ2n) is 7.02. The van der Waals surface area contributed by atoms with Crippen molar-refractivity contribution in [3.05, 3.63) is 88.9 Å². The molecule has 0 spiro atoms. The Kier molecular flexibility index (Phi) is 4.96. The highest BCUT2D eigenvalue weighted by Crippen LogP contribution is 2.26. The third-order valence-electron chi connectivity index (χ3n) is 4.88. The zero-order valence-electron chi connectivity index (χ0n) is 16.6. The Hall–Kier alpha value is -3.73. The Morgan fingerprint density at radius 1 is 1.00 bits per heavy atom. The first-order chi connectivity index (χ1) is 14.0. The van der Waals surface area contributed by atoms with Crippen molar-refractivity contribution < 1.29 is 9.21 Å². The molecular weight excluding hydrogens is 362 g/mol. The Labute approximate surface area is 169 Å². The minimum absolute atomic E-state index is 0.298. The molecule has 0 aliphatic carbocycles. The molecule has 0 fully saturated rings. The van der Waals surface area contributed by atoms with Gasteiger partial charge in [0.1, 0.15) is 11.5 Å². The number of furan rings is 1. The number of nitrogens with one attached hydrogen (secondary N) is 1. The normalized spacial score (nSPS) is 11.3. The quantitative estimate of drug-likeness (QED) is 0.390. The molecule has 0 saturated heterocycles. The lowest BCUT2D eigenvalue weighted by Gasteiger charge is -2.10. The van der Waals surface area contributed by atoms with E-state index in [-0.39, 0.29) is 5.91 Å². The van der Waals surface area contributed by atoms with E-state index < -0.39 is 0 Å². The summed E-state index contributed by atoms with van der Waals surface area (Å²) in [4.78, 5) is 17.6. The van der Waals surface area contributed by atoms with Crippen molar-refractivity contribution >= 4 is 23.0 Å². The van der Waals surface area contributed by atoms with Crippen LogP contribution in [-0.4, -0.2) is 17.1 Å². The van der Waals surface area contributed by atoms with E-state index in [0.29, 0.717) is 11.3 Å². The fraction of sp³-hybridized carbons (Fsp3) is 0.125. The Balaban J connectivity index is 1.71. The van der Waals surface area contributed by atoms with Crippen LogP contribution in [-0.2, 0) is 0 Å². The highest BCUT2D eigenvalue weighted by Gasteiger charge is 2.14. The van der Waals surface area contributed by atoms with Crippen molar-refractivity contribution in [3.8, 4) is 11.3 Å². The van der Waals surface area contributed by atoms with Crippen LogP contribution in [0.5, 0.6) is 0 Å². The topological polar surface area (TPSA) is 67.5 Å². The summed E-state index contributed by atoms with van der Waals surface area (Å²) >= 11 is 0. The van der Waals surface area contributed by atoms with Crippen LogP contribution < -0.4 is 5.43 Å². The molecule has 4 rings (SSSR count). The van der Waals surface area contributed by atoms with Gasteiger partial charge in [0.2, 0.25) is 0 Å². The highest BCUT2D eigenvalue weighted by atomic mass is 16.3. The molecule has 4 aromatic rings. The van der Waals surface area contributed by atoms with Gasteiger partial charge in [-0.15, -0.1) is 0 Å². The number of benzene rings is 2. The van der Waals surface area contributed by atoms with Gasteiger partial charge in [-0.25, -0.2) is 10.4 Å². The molecule has 0 radical (unpaired) electrons. The van der Waals surface area contributed by atoms with Crippen molar-refractivity contribution in [1.82, 2.24) is 10.4 Å². The third-order valence-corrected chi connectivity index (χ3v) is 4.88. The fourth-order valence-corrected chi connectivity index (χ4v) is 3.15. The van der Waals surface area contributed by atoms with Crippen LogP contribution in [0.15, 0.2) is 70.2 Å². The van der Waals surface area contributed by atoms with Crippen molar-refractivity contribution in [1.29, 1.82) is 0 Å². The zero-order valence-corrected chi connectivity index (χ0v) is 16.6. The number of hydrogen-bond acceptors (Lipinski definition) is 4.